The van der Waals surface area contributed by atoms with Gasteiger partial charge in [0.2, 0.25) is 0 Å². The van der Waals surface area contributed by atoms with Gasteiger partial charge in [0, 0.05) is 0 Å². The van der Waals surface area contributed by atoms with E-state index in [1.807, 2.05) is 0 Å². The summed E-state index contributed by atoms with van der Waals surface area (Å²) in [7, 11) is 0. The van der Waals surface area contributed by atoms with Crippen LogP contribution in [-0.4, -0.2) is 5.11 Å². The summed E-state index contributed by atoms with van der Waals surface area (Å²) in [5, 5.41) is 9.90. The maximum Gasteiger partial charge on any atom is 0.0793 e. The molecule has 2 unspecified atom stereocenters. The van der Waals surface area contributed by atoms with Crippen LogP contribution < -0.4 is 0 Å². The topological polar surface area (TPSA) is 20.2 Å². The van der Waals surface area contributed by atoms with Crippen LogP contribution in [0.2, 0.25) is 0 Å². The van der Waals surface area contributed by atoms with Crippen molar-refractivity contribution in [1.29, 1.82) is 0 Å². The molecule has 1 aliphatic carbocycles. The Bertz CT molecular complexity index is 330. The fraction of sp³-hybridized carbons (Fsp3) is 0.538. The predicted molar refractivity (Wildman–Crippen MR) is 58.4 cm³/mol. The van der Waals surface area contributed by atoms with Crippen molar-refractivity contribution in [1.82, 2.24) is 0 Å². The van der Waals surface area contributed by atoms with Gasteiger partial charge in [0.1, 0.15) is 0 Å². The molecule has 0 fully saturated rings. The van der Waals surface area contributed by atoms with Crippen molar-refractivity contribution in [3.05, 3.63) is 34.9 Å². The lowest BCUT2D eigenvalue weighted by Gasteiger charge is -2.27. The Hall–Kier alpha value is -0.820. The second kappa shape index (κ2) is 3.74. The zero-order valence-electron chi connectivity index (χ0n) is 8.96. The number of aryl methyl sites for hydroxylation is 1. The molecule has 0 spiro atoms. The average molecular weight is 190 g/mol. The van der Waals surface area contributed by atoms with Gasteiger partial charge in [0.15, 0.2) is 0 Å². The van der Waals surface area contributed by atoms with E-state index in [0.29, 0.717) is 5.92 Å². The van der Waals surface area contributed by atoms with E-state index in [0.717, 1.165) is 19.3 Å². The minimum atomic E-state index is -0.229. The van der Waals surface area contributed by atoms with Gasteiger partial charge >= 0.3 is 0 Å². The highest BCUT2D eigenvalue weighted by Gasteiger charge is 2.22. The summed E-state index contributed by atoms with van der Waals surface area (Å²) >= 11 is 0. The number of benzene rings is 1. The second-order valence-electron chi connectivity index (χ2n) is 4.31. The molecule has 0 bridgehead atoms. The summed E-state index contributed by atoms with van der Waals surface area (Å²) in [5.41, 5.74) is 3.85. The van der Waals surface area contributed by atoms with E-state index >= 15 is 0 Å². The lowest BCUT2D eigenvalue weighted by molar-refractivity contribution is 0.151. The van der Waals surface area contributed by atoms with Crippen LogP contribution in [0.1, 0.15) is 55.4 Å². The first kappa shape index (κ1) is 9.72. The molecular formula is C13H18O. The lowest BCUT2D eigenvalue weighted by Crippen LogP contribution is -2.12. The smallest absolute Gasteiger partial charge is 0.0793 e. The largest absolute Gasteiger partial charge is 0.388 e. The zero-order chi connectivity index (χ0) is 10.1. The molecule has 0 amide bonds. The summed E-state index contributed by atoms with van der Waals surface area (Å²) in [6, 6.07) is 6.56. The van der Waals surface area contributed by atoms with Gasteiger partial charge in [-0.1, -0.05) is 32.0 Å². The molecule has 1 aromatic carbocycles. The van der Waals surface area contributed by atoms with Gasteiger partial charge in [-0.3, -0.25) is 0 Å². The van der Waals surface area contributed by atoms with E-state index < -0.39 is 0 Å². The highest BCUT2D eigenvalue weighted by molar-refractivity contribution is 5.37. The van der Waals surface area contributed by atoms with Gasteiger partial charge in [-0.2, -0.15) is 0 Å². The molecule has 1 aromatic rings. The van der Waals surface area contributed by atoms with Crippen LogP contribution in [0.5, 0.6) is 0 Å². The first-order valence-electron chi connectivity index (χ1n) is 5.53. The van der Waals surface area contributed by atoms with Gasteiger partial charge in [0.25, 0.3) is 0 Å². The number of fused-ring (bicyclic) bond motifs is 1. The molecule has 14 heavy (non-hydrogen) atoms. The lowest BCUT2D eigenvalue weighted by atomic mass is 9.81. The van der Waals surface area contributed by atoms with Gasteiger partial charge < -0.3 is 5.11 Å². The molecule has 0 heterocycles. The highest BCUT2D eigenvalue weighted by atomic mass is 16.3. The summed E-state index contributed by atoms with van der Waals surface area (Å²) in [6.45, 7) is 4.40. The molecule has 2 atom stereocenters. The number of hydrogen-bond acceptors (Lipinski definition) is 1. The molecule has 0 saturated carbocycles. The number of aliphatic hydroxyl groups is 1. The van der Waals surface area contributed by atoms with Crippen molar-refractivity contribution in [2.45, 2.75) is 45.1 Å². The van der Waals surface area contributed by atoms with Gasteiger partial charge in [-0.05, 0) is 41.9 Å². The maximum atomic E-state index is 9.90. The summed E-state index contributed by atoms with van der Waals surface area (Å²) in [6.07, 6.45) is 2.85. The molecule has 2 rings (SSSR count). The Morgan fingerprint density at radius 2 is 2.07 bits per heavy atom. The molecule has 1 nitrogen and oxygen atoms in total. The van der Waals surface area contributed by atoms with Gasteiger partial charge in [0.05, 0.1) is 6.10 Å². The van der Waals surface area contributed by atoms with Crippen molar-refractivity contribution in [2.24, 2.45) is 0 Å². The fourth-order valence-electron chi connectivity index (χ4n) is 2.30. The molecule has 0 radical (unpaired) electrons. The van der Waals surface area contributed by atoms with Crippen molar-refractivity contribution >= 4 is 0 Å². The van der Waals surface area contributed by atoms with Crippen molar-refractivity contribution < 1.29 is 5.11 Å². The normalized spacial score (nSPS) is 25.9. The Morgan fingerprint density at radius 1 is 1.29 bits per heavy atom. The molecule has 0 saturated heterocycles. The van der Waals surface area contributed by atoms with E-state index in [1.54, 1.807) is 0 Å². The molecule has 1 aliphatic rings. The monoisotopic (exact) mass is 190 g/mol. The van der Waals surface area contributed by atoms with E-state index in [-0.39, 0.29) is 6.10 Å². The van der Waals surface area contributed by atoms with E-state index in [2.05, 4.69) is 32.0 Å². The molecule has 1 heteroatoms. The SMILES string of the molecule is CCc1ccc2c(c1)C(O)CCC2C. The molecule has 0 aliphatic heterocycles. The summed E-state index contributed by atoms with van der Waals surface area (Å²) < 4.78 is 0. The van der Waals surface area contributed by atoms with Crippen molar-refractivity contribution in [2.75, 3.05) is 0 Å². The highest BCUT2D eigenvalue weighted by Crippen LogP contribution is 2.37. The van der Waals surface area contributed by atoms with E-state index in [1.165, 1.54) is 16.7 Å². The fourth-order valence-corrected chi connectivity index (χ4v) is 2.30. The van der Waals surface area contributed by atoms with Crippen LogP contribution >= 0.6 is 0 Å². The average Bonchev–Trinajstić information content (AvgIpc) is 2.23. The predicted octanol–water partition coefficient (Wildman–Crippen LogP) is 3.18. The third-order valence-corrected chi connectivity index (χ3v) is 3.32. The summed E-state index contributed by atoms with van der Waals surface area (Å²) in [5.74, 6) is 0.610. The Labute approximate surface area is 85.8 Å². The minimum absolute atomic E-state index is 0.229. The van der Waals surface area contributed by atoms with Gasteiger partial charge in [-0.15, -0.1) is 0 Å². The third-order valence-electron chi connectivity index (χ3n) is 3.32. The van der Waals surface area contributed by atoms with E-state index in [4.69, 9.17) is 0 Å². The number of rotatable bonds is 1. The Morgan fingerprint density at radius 3 is 2.79 bits per heavy atom. The maximum absolute atomic E-state index is 9.90. The molecular weight excluding hydrogens is 172 g/mol. The zero-order valence-corrected chi connectivity index (χ0v) is 8.96. The Kier molecular flexibility index (Phi) is 2.60. The van der Waals surface area contributed by atoms with Crippen molar-refractivity contribution in [3.8, 4) is 0 Å². The van der Waals surface area contributed by atoms with Crippen LogP contribution in [0.15, 0.2) is 18.2 Å². The quantitative estimate of drug-likeness (QED) is 0.721. The Balaban J connectivity index is 2.45. The minimum Gasteiger partial charge on any atom is -0.388 e. The first-order valence-corrected chi connectivity index (χ1v) is 5.53. The standard InChI is InChI=1S/C13H18O/c1-3-10-5-6-11-9(2)4-7-13(14)12(11)8-10/h5-6,8-9,13-14H,3-4,7H2,1-2H3. The van der Waals surface area contributed by atoms with Crippen LogP contribution in [0.25, 0.3) is 0 Å². The van der Waals surface area contributed by atoms with Crippen LogP contribution in [-0.2, 0) is 6.42 Å². The first-order chi connectivity index (χ1) is 6.72. The number of aliphatic hydroxyl groups excluding tert-OH is 1. The molecule has 76 valence electrons. The molecule has 1 N–H and O–H groups in total. The van der Waals surface area contributed by atoms with Crippen LogP contribution in [0.4, 0.5) is 0 Å². The van der Waals surface area contributed by atoms with Gasteiger partial charge in [-0.25, -0.2) is 0 Å². The number of hydrogen-bond donors (Lipinski definition) is 1. The summed E-state index contributed by atoms with van der Waals surface area (Å²) in [4.78, 5) is 0. The second-order valence-corrected chi connectivity index (χ2v) is 4.31. The van der Waals surface area contributed by atoms with Crippen molar-refractivity contribution in [3.63, 3.8) is 0 Å². The van der Waals surface area contributed by atoms with E-state index in [9.17, 15) is 5.11 Å². The van der Waals surface area contributed by atoms with Crippen LogP contribution in [0, 0.1) is 0 Å². The van der Waals surface area contributed by atoms with Crippen LogP contribution in [0.3, 0.4) is 0 Å². The molecule has 0 aromatic heterocycles. The third kappa shape index (κ3) is 1.57.